The average molecular weight is 153 g/mol. The van der Waals surface area contributed by atoms with Crippen molar-refractivity contribution in [3.05, 3.63) is 24.4 Å². The molecule has 0 radical (unpaired) electrons. The second kappa shape index (κ2) is 4.44. The van der Waals surface area contributed by atoms with Crippen molar-refractivity contribution in [1.29, 1.82) is 0 Å². The van der Waals surface area contributed by atoms with Gasteiger partial charge in [-0.15, -0.1) is 0 Å². The minimum Gasteiger partial charge on any atom is -0.383 e. The monoisotopic (exact) mass is 153 g/mol. The molecule has 0 spiro atoms. The number of allylic oxidation sites excluding steroid dienone is 2. The number of hydrogen-bond acceptors (Lipinski definition) is 3. The van der Waals surface area contributed by atoms with Crippen molar-refractivity contribution in [2.45, 2.75) is 0 Å². The third-order valence-corrected chi connectivity index (χ3v) is 1.01. The quantitative estimate of drug-likeness (QED) is 0.254. The first kappa shape index (κ1) is 9.62. The van der Waals surface area contributed by atoms with E-state index in [9.17, 15) is 9.59 Å². The van der Waals surface area contributed by atoms with E-state index >= 15 is 0 Å². The first-order valence-electron chi connectivity index (χ1n) is 3.12. The zero-order valence-corrected chi connectivity index (χ0v) is 6.70. The molecule has 0 aliphatic heterocycles. The van der Waals surface area contributed by atoms with Crippen LogP contribution in [0.5, 0.6) is 0 Å². The van der Waals surface area contributed by atoms with E-state index in [0.29, 0.717) is 5.57 Å². The average Bonchev–Trinajstić information content (AvgIpc) is 1.98. The Balaban J connectivity index is 4.52. The zero-order chi connectivity index (χ0) is 8.85. The first-order valence-corrected chi connectivity index (χ1v) is 3.12. The molecule has 0 amide bonds. The van der Waals surface area contributed by atoms with Crippen molar-refractivity contribution >= 4 is 12.1 Å². The lowest BCUT2D eigenvalue weighted by Crippen LogP contribution is -2.08. The van der Waals surface area contributed by atoms with Gasteiger partial charge in [-0.3, -0.25) is 9.59 Å². The van der Waals surface area contributed by atoms with Crippen LogP contribution in [-0.2, 0) is 9.59 Å². The molecule has 0 rings (SSSR count). The third-order valence-electron chi connectivity index (χ3n) is 1.01. The van der Waals surface area contributed by atoms with Crippen molar-refractivity contribution in [2.24, 2.45) is 0 Å². The van der Waals surface area contributed by atoms with E-state index in [-0.39, 0.29) is 6.29 Å². The van der Waals surface area contributed by atoms with Crippen molar-refractivity contribution < 1.29 is 9.59 Å². The van der Waals surface area contributed by atoms with Gasteiger partial charge >= 0.3 is 0 Å². The number of Topliss-reactive ketones (excluding diaryl/α,β-unsaturated/α-hetero) is 1. The molecule has 0 saturated carbocycles. The van der Waals surface area contributed by atoms with Crippen molar-refractivity contribution in [1.82, 2.24) is 4.90 Å². The van der Waals surface area contributed by atoms with Gasteiger partial charge < -0.3 is 4.90 Å². The van der Waals surface area contributed by atoms with E-state index in [1.165, 1.54) is 6.08 Å². The summed E-state index contributed by atoms with van der Waals surface area (Å²) < 4.78 is 0. The summed E-state index contributed by atoms with van der Waals surface area (Å²) in [6, 6.07) is 0. The minimum atomic E-state index is -0.547. The van der Waals surface area contributed by atoms with Crippen LogP contribution in [0.4, 0.5) is 0 Å². The Hall–Kier alpha value is -1.38. The first-order chi connectivity index (χ1) is 5.11. The van der Waals surface area contributed by atoms with Gasteiger partial charge in [0.25, 0.3) is 0 Å². The molecule has 0 aliphatic rings. The molecule has 0 aromatic rings. The van der Waals surface area contributed by atoms with E-state index < -0.39 is 5.78 Å². The molecule has 0 aliphatic carbocycles. The summed E-state index contributed by atoms with van der Waals surface area (Å²) in [6.07, 6.45) is 3.18. The molecule has 0 N–H and O–H groups in total. The molecule has 0 heterocycles. The minimum absolute atomic E-state index is 0.275. The van der Waals surface area contributed by atoms with Gasteiger partial charge in [0, 0.05) is 25.9 Å². The Labute approximate surface area is 66.0 Å². The molecule has 0 unspecified atom stereocenters. The molecule has 0 atom stereocenters. The fourth-order valence-corrected chi connectivity index (χ4v) is 0.563. The highest BCUT2D eigenvalue weighted by molar-refractivity contribution is 6.33. The summed E-state index contributed by atoms with van der Waals surface area (Å²) in [4.78, 5) is 22.5. The van der Waals surface area contributed by atoms with Crippen LogP contribution in [0.2, 0.25) is 0 Å². The molecule has 3 heteroatoms. The van der Waals surface area contributed by atoms with Gasteiger partial charge in [0.1, 0.15) is 0 Å². The number of aldehydes is 1. The lowest BCUT2D eigenvalue weighted by molar-refractivity contribution is -0.127. The summed E-state index contributed by atoms with van der Waals surface area (Å²) in [6.45, 7) is 3.41. The maximum Gasteiger partial charge on any atom is 0.226 e. The lowest BCUT2D eigenvalue weighted by atomic mass is 10.2. The Morgan fingerprint density at radius 1 is 1.45 bits per heavy atom. The predicted molar refractivity (Wildman–Crippen MR) is 43.0 cm³/mol. The maximum atomic E-state index is 10.7. The highest BCUT2D eigenvalue weighted by Crippen LogP contribution is 1.96. The molecular weight excluding hydrogens is 142 g/mol. The molecule has 0 aromatic heterocycles. The predicted octanol–water partition coefficient (Wildman–Crippen LogP) is 0.386. The van der Waals surface area contributed by atoms with Crippen molar-refractivity contribution in [3.63, 3.8) is 0 Å². The van der Waals surface area contributed by atoms with Crippen LogP contribution >= 0.6 is 0 Å². The van der Waals surface area contributed by atoms with Crippen LogP contribution in [-0.4, -0.2) is 31.1 Å². The number of ketones is 1. The number of hydrogen-bond donors (Lipinski definition) is 0. The fraction of sp³-hybridized carbons (Fsp3) is 0.250. The van der Waals surface area contributed by atoms with E-state index in [2.05, 4.69) is 6.58 Å². The smallest absolute Gasteiger partial charge is 0.226 e. The highest BCUT2D eigenvalue weighted by Gasteiger charge is 2.02. The van der Waals surface area contributed by atoms with Gasteiger partial charge in [-0.05, 0) is 0 Å². The van der Waals surface area contributed by atoms with Crippen molar-refractivity contribution in [3.8, 4) is 0 Å². The van der Waals surface area contributed by atoms with Gasteiger partial charge in [0.2, 0.25) is 5.78 Å². The van der Waals surface area contributed by atoms with Crippen LogP contribution in [0, 0.1) is 0 Å². The number of carbonyl (C=O) groups is 2. The summed E-state index contributed by atoms with van der Waals surface area (Å²) in [7, 11) is 3.53. The van der Waals surface area contributed by atoms with Crippen LogP contribution in [0.25, 0.3) is 0 Å². The van der Waals surface area contributed by atoms with E-state index in [1.54, 1.807) is 25.2 Å². The van der Waals surface area contributed by atoms with Crippen LogP contribution in [0.3, 0.4) is 0 Å². The molecule has 3 nitrogen and oxygen atoms in total. The van der Waals surface area contributed by atoms with Crippen LogP contribution in [0.1, 0.15) is 0 Å². The topological polar surface area (TPSA) is 37.4 Å². The molecule has 0 saturated heterocycles. The second-order valence-electron chi connectivity index (χ2n) is 2.23. The van der Waals surface area contributed by atoms with Gasteiger partial charge in [-0.1, -0.05) is 12.7 Å². The lowest BCUT2D eigenvalue weighted by Gasteiger charge is -2.04. The fourth-order valence-electron chi connectivity index (χ4n) is 0.563. The Kier molecular flexibility index (Phi) is 3.88. The summed E-state index contributed by atoms with van der Waals surface area (Å²) in [5.74, 6) is -0.547. The van der Waals surface area contributed by atoms with Crippen LogP contribution in [0.15, 0.2) is 24.4 Å². The molecule has 0 aromatic carbocycles. The second-order valence-corrected chi connectivity index (χ2v) is 2.23. The van der Waals surface area contributed by atoms with Gasteiger partial charge in [0.05, 0.1) is 0 Å². The largest absolute Gasteiger partial charge is 0.383 e. The Bertz CT molecular complexity index is 204. The van der Waals surface area contributed by atoms with E-state index in [4.69, 9.17) is 0 Å². The normalized spacial score (nSPS) is 10.5. The van der Waals surface area contributed by atoms with Crippen molar-refractivity contribution in [2.75, 3.05) is 14.1 Å². The zero-order valence-electron chi connectivity index (χ0n) is 6.70. The van der Waals surface area contributed by atoms with Gasteiger partial charge in [-0.2, -0.15) is 0 Å². The number of rotatable bonds is 4. The SMILES string of the molecule is C=C/C(=C\N(C)C)C(=O)C=O. The Morgan fingerprint density at radius 2 is 2.00 bits per heavy atom. The summed E-state index contributed by atoms with van der Waals surface area (Å²) >= 11 is 0. The molecule has 60 valence electrons. The van der Waals surface area contributed by atoms with E-state index in [0.717, 1.165) is 0 Å². The maximum absolute atomic E-state index is 10.7. The summed E-state index contributed by atoms with van der Waals surface area (Å²) in [5, 5.41) is 0. The van der Waals surface area contributed by atoms with Crippen LogP contribution < -0.4 is 0 Å². The summed E-state index contributed by atoms with van der Waals surface area (Å²) in [5.41, 5.74) is 0.310. The third kappa shape index (κ3) is 3.35. The molecule has 0 fully saturated rings. The van der Waals surface area contributed by atoms with Gasteiger partial charge in [0.15, 0.2) is 6.29 Å². The van der Waals surface area contributed by atoms with Gasteiger partial charge in [-0.25, -0.2) is 0 Å². The highest BCUT2D eigenvalue weighted by atomic mass is 16.2. The molecule has 0 bridgehead atoms. The molecular formula is C8H11NO2. The van der Waals surface area contributed by atoms with E-state index in [1.807, 2.05) is 0 Å². The number of carbonyl (C=O) groups excluding carboxylic acids is 2. The standard InChI is InChI=1S/C8H11NO2/c1-4-7(5-9(2)3)8(11)6-10/h4-6H,1H2,2-3H3/b7-5+. The molecule has 11 heavy (non-hydrogen) atoms. The Morgan fingerprint density at radius 3 is 2.27 bits per heavy atom. The number of nitrogens with zero attached hydrogens (tertiary/aromatic N) is 1.